The molecule has 4 heteroatoms. The van der Waals surface area contributed by atoms with Crippen molar-refractivity contribution >= 4 is 21.6 Å². The Labute approximate surface area is 92.2 Å². The SMILES string of the molecule is Brc1cncc(N2CCCOCC2)c1. The average molecular weight is 257 g/mol. The maximum absolute atomic E-state index is 5.40. The Kier molecular flexibility index (Phi) is 3.37. The van der Waals surface area contributed by atoms with Crippen LogP contribution >= 0.6 is 15.9 Å². The van der Waals surface area contributed by atoms with Gasteiger partial charge in [0.05, 0.1) is 18.5 Å². The van der Waals surface area contributed by atoms with Gasteiger partial charge in [-0.05, 0) is 28.4 Å². The molecule has 0 spiro atoms. The lowest BCUT2D eigenvalue weighted by Gasteiger charge is -2.21. The smallest absolute Gasteiger partial charge is 0.0641 e. The number of hydrogen-bond donors (Lipinski definition) is 0. The van der Waals surface area contributed by atoms with Crippen LogP contribution in [0.25, 0.3) is 0 Å². The Morgan fingerprint density at radius 1 is 1.29 bits per heavy atom. The van der Waals surface area contributed by atoms with E-state index in [0.29, 0.717) is 0 Å². The molecule has 1 aliphatic heterocycles. The molecule has 0 atom stereocenters. The number of nitrogens with zero attached hydrogens (tertiary/aromatic N) is 2. The zero-order valence-corrected chi connectivity index (χ0v) is 9.53. The largest absolute Gasteiger partial charge is 0.380 e. The van der Waals surface area contributed by atoms with Gasteiger partial charge in [-0.2, -0.15) is 0 Å². The quantitative estimate of drug-likeness (QED) is 0.770. The first-order chi connectivity index (χ1) is 6.86. The number of hydrogen-bond acceptors (Lipinski definition) is 3. The van der Waals surface area contributed by atoms with Gasteiger partial charge in [-0.15, -0.1) is 0 Å². The molecule has 0 radical (unpaired) electrons. The molecule has 0 aliphatic carbocycles. The van der Waals surface area contributed by atoms with E-state index in [9.17, 15) is 0 Å². The molecule has 0 saturated carbocycles. The lowest BCUT2D eigenvalue weighted by Crippen LogP contribution is -2.25. The molecule has 0 unspecified atom stereocenters. The number of anilines is 1. The van der Waals surface area contributed by atoms with Gasteiger partial charge < -0.3 is 9.64 Å². The van der Waals surface area contributed by atoms with Gasteiger partial charge in [0.2, 0.25) is 0 Å². The van der Waals surface area contributed by atoms with Crippen molar-refractivity contribution < 1.29 is 4.74 Å². The predicted molar refractivity (Wildman–Crippen MR) is 59.6 cm³/mol. The minimum Gasteiger partial charge on any atom is -0.380 e. The van der Waals surface area contributed by atoms with Crippen LogP contribution < -0.4 is 4.90 Å². The summed E-state index contributed by atoms with van der Waals surface area (Å²) in [6.07, 6.45) is 4.79. The Balaban J connectivity index is 2.12. The van der Waals surface area contributed by atoms with Crippen molar-refractivity contribution in [1.29, 1.82) is 0 Å². The zero-order valence-electron chi connectivity index (χ0n) is 7.95. The van der Waals surface area contributed by atoms with Crippen molar-refractivity contribution in [1.82, 2.24) is 4.98 Å². The first-order valence-electron chi connectivity index (χ1n) is 4.79. The molecular weight excluding hydrogens is 244 g/mol. The van der Waals surface area contributed by atoms with E-state index in [4.69, 9.17) is 4.74 Å². The summed E-state index contributed by atoms with van der Waals surface area (Å²) < 4.78 is 6.43. The molecule has 1 saturated heterocycles. The fourth-order valence-electron chi connectivity index (χ4n) is 1.58. The van der Waals surface area contributed by atoms with Gasteiger partial charge in [0.25, 0.3) is 0 Å². The summed E-state index contributed by atoms with van der Waals surface area (Å²) in [5.41, 5.74) is 1.17. The highest BCUT2D eigenvalue weighted by atomic mass is 79.9. The topological polar surface area (TPSA) is 25.4 Å². The minimum absolute atomic E-state index is 0.812. The maximum atomic E-state index is 5.40. The Bertz CT molecular complexity index is 298. The monoisotopic (exact) mass is 256 g/mol. The number of halogens is 1. The van der Waals surface area contributed by atoms with Crippen molar-refractivity contribution in [2.24, 2.45) is 0 Å². The number of pyridine rings is 1. The number of rotatable bonds is 1. The summed E-state index contributed by atoms with van der Waals surface area (Å²) in [6.45, 7) is 3.70. The third-order valence-electron chi connectivity index (χ3n) is 2.28. The van der Waals surface area contributed by atoms with Gasteiger partial charge in [-0.1, -0.05) is 0 Å². The zero-order chi connectivity index (χ0) is 9.80. The second-order valence-corrected chi connectivity index (χ2v) is 4.23. The first kappa shape index (κ1) is 9.93. The molecule has 0 N–H and O–H groups in total. The molecule has 14 heavy (non-hydrogen) atoms. The molecular formula is C10H13BrN2O. The molecule has 1 aromatic heterocycles. The third-order valence-corrected chi connectivity index (χ3v) is 2.71. The molecule has 0 bridgehead atoms. The van der Waals surface area contributed by atoms with Gasteiger partial charge in [0.1, 0.15) is 0 Å². The van der Waals surface area contributed by atoms with Gasteiger partial charge in [-0.3, -0.25) is 4.98 Å². The molecule has 76 valence electrons. The van der Waals surface area contributed by atoms with Crippen molar-refractivity contribution in [3.8, 4) is 0 Å². The lowest BCUT2D eigenvalue weighted by atomic mass is 10.3. The average Bonchev–Trinajstić information content (AvgIpc) is 2.45. The molecule has 2 rings (SSSR count). The number of aromatic nitrogens is 1. The second kappa shape index (κ2) is 4.75. The van der Waals surface area contributed by atoms with Crippen molar-refractivity contribution in [3.63, 3.8) is 0 Å². The molecule has 1 aliphatic rings. The standard InChI is InChI=1S/C10H13BrN2O/c11-9-6-10(8-12-7-9)13-2-1-4-14-5-3-13/h6-8H,1-5H2. The Morgan fingerprint density at radius 2 is 2.21 bits per heavy atom. The van der Waals surface area contributed by atoms with Gasteiger partial charge in [0, 0.05) is 30.4 Å². The number of ether oxygens (including phenoxy) is 1. The predicted octanol–water partition coefficient (Wildman–Crippen LogP) is 2.07. The van der Waals surface area contributed by atoms with E-state index in [-0.39, 0.29) is 0 Å². The summed E-state index contributed by atoms with van der Waals surface area (Å²) in [6, 6.07) is 2.10. The van der Waals surface area contributed by atoms with Gasteiger partial charge in [0.15, 0.2) is 0 Å². The van der Waals surface area contributed by atoms with Crippen molar-refractivity contribution in [2.75, 3.05) is 31.2 Å². The van der Waals surface area contributed by atoms with Gasteiger partial charge >= 0.3 is 0 Å². The van der Waals surface area contributed by atoms with E-state index in [2.05, 4.69) is 31.9 Å². The first-order valence-corrected chi connectivity index (χ1v) is 5.59. The van der Waals surface area contributed by atoms with Crippen LogP contribution in [0.1, 0.15) is 6.42 Å². The summed E-state index contributed by atoms with van der Waals surface area (Å²) in [7, 11) is 0. The van der Waals surface area contributed by atoms with Crippen LogP contribution in [0.3, 0.4) is 0 Å². The molecule has 3 nitrogen and oxygen atoms in total. The van der Waals surface area contributed by atoms with E-state index in [1.807, 2.05) is 6.20 Å². The highest BCUT2D eigenvalue weighted by molar-refractivity contribution is 9.10. The van der Waals surface area contributed by atoms with E-state index in [0.717, 1.165) is 37.2 Å². The highest BCUT2D eigenvalue weighted by Crippen LogP contribution is 2.19. The van der Waals surface area contributed by atoms with Crippen LogP contribution in [0.5, 0.6) is 0 Å². The summed E-state index contributed by atoms with van der Waals surface area (Å²) in [5, 5.41) is 0. The summed E-state index contributed by atoms with van der Waals surface area (Å²) in [5.74, 6) is 0. The van der Waals surface area contributed by atoms with Crippen LogP contribution in [-0.2, 0) is 4.74 Å². The fourth-order valence-corrected chi connectivity index (χ4v) is 1.93. The summed E-state index contributed by atoms with van der Waals surface area (Å²) >= 11 is 3.43. The minimum atomic E-state index is 0.812. The van der Waals surface area contributed by atoms with E-state index < -0.39 is 0 Å². The van der Waals surface area contributed by atoms with E-state index in [1.165, 1.54) is 5.69 Å². The molecule has 0 aromatic carbocycles. The van der Waals surface area contributed by atoms with Gasteiger partial charge in [-0.25, -0.2) is 0 Å². The maximum Gasteiger partial charge on any atom is 0.0641 e. The van der Waals surface area contributed by atoms with Crippen LogP contribution in [0.15, 0.2) is 22.9 Å². The molecule has 2 heterocycles. The third kappa shape index (κ3) is 2.45. The van der Waals surface area contributed by atoms with Crippen LogP contribution in [-0.4, -0.2) is 31.3 Å². The highest BCUT2D eigenvalue weighted by Gasteiger charge is 2.09. The normalized spacial score (nSPS) is 17.9. The fraction of sp³-hybridized carbons (Fsp3) is 0.500. The van der Waals surface area contributed by atoms with Crippen molar-refractivity contribution in [2.45, 2.75) is 6.42 Å². The van der Waals surface area contributed by atoms with Crippen molar-refractivity contribution in [3.05, 3.63) is 22.9 Å². The molecule has 0 amide bonds. The molecule has 1 aromatic rings. The summed E-state index contributed by atoms with van der Waals surface area (Å²) in [4.78, 5) is 6.47. The molecule has 1 fully saturated rings. The van der Waals surface area contributed by atoms with Crippen LogP contribution in [0, 0.1) is 0 Å². The van der Waals surface area contributed by atoms with Crippen LogP contribution in [0.2, 0.25) is 0 Å². The Hall–Kier alpha value is -0.610. The Morgan fingerprint density at radius 3 is 3.07 bits per heavy atom. The second-order valence-electron chi connectivity index (χ2n) is 3.31. The van der Waals surface area contributed by atoms with E-state index >= 15 is 0 Å². The lowest BCUT2D eigenvalue weighted by molar-refractivity contribution is 0.152. The van der Waals surface area contributed by atoms with Crippen LogP contribution in [0.4, 0.5) is 5.69 Å². The van der Waals surface area contributed by atoms with E-state index in [1.54, 1.807) is 6.20 Å².